The zero-order valence-electron chi connectivity index (χ0n) is 13.3. The SMILES string of the molecule is CN1C(=O)c2cccc3c(S(=O)(=O)N4CCCCC4)cc(Br)c1c23. The molecule has 0 aliphatic carbocycles. The summed E-state index contributed by atoms with van der Waals surface area (Å²) in [6.45, 7) is 1.11. The molecule has 2 aliphatic rings. The van der Waals surface area contributed by atoms with E-state index in [-0.39, 0.29) is 10.8 Å². The summed E-state index contributed by atoms with van der Waals surface area (Å²) in [6.07, 6.45) is 2.85. The van der Waals surface area contributed by atoms with Crippen molar-refractivity contribution in [2.24, 2.45) is 0 Å². The lowest BCUT2D eigenvalue weighted by atomic mass is 10.1. The summed E-state index contributed by atoms with van der Waals surface area (Å²) >= 11 is 3.47. The van der Waals surface area contributed by atoms with E-state index in [1.165, 1.54) is 0 Å². The molecule has 0 radical (unpaired) electrons. The lowest BCUT2D eigenvalue weighted by Crippen LogP contribution is -2.35. The second-order valence-electron chi connectivity index (χ2n) is 6.26. The van der Waals surface area contributed by atoms with Crippen LogP contribution in [0.3, 0.4) is 0 Å². The Balaban J connectivity index is 2.00. The minimum atomic E-state index is -3.58. The van der Waals surface area contributed by atoms with E-state index >= 15 is 0 Å². The van der Waals surface area contributed by atoms with Gasteiger partial charge in [-0.05, 0) is 40.9 Å². The van der Waals surface area contributed by atoms with Gasteiger partial charge in [0.05, 0.1) is 10.6 Å². The fraction of sp³-hybridized carbons (Fsp3) is 0.353. The average Bonchev–Trinajstić information content (AvgIpc) is 2.85. The topological polar surface area (TPSA) is 57.7 Å². The zero-order chi connectivity index (χ0) is 17.1. The van der Waals surface area contributed by atoms with Gasteiger partial charge in [0.15, 0.2) is 0 Å². The molecular weight excluding hydrogens is 392 g/mol. The number of benzene rings is 2. The molecule has 0 aromatic heterocycles. The molecule has 4 rings (SSSR count). The molecule has 7 heteroatoms. The molecule has 0 unspecified atom stereocenters. The summed E-state index contributed by atoms with van der Waals surface area (Å²) in [5.74, 6) is -0.108. The number of carbonyl (C=O) groups is 1. The van der Waals surface area contributed by atoms with Gasteiger partial charge in [-0.1, -0.05) is 18.6 Å². The van der Waals surface area contributed by atoms with Gasteiger partial charge in [0.2, 0.25) is 10.0 Å². The van der Waals surface area contributed by atoms with E-state index in [1.54, 1.807) is 40.5 Å². The largest absolute Gasteiger partial charge is 0.310 e. The summed E-state index contributed by atoms with van der Waals surface area (Å²) in [4.78, 5) is 14.3. The molecule has 1 fully saturated rings. The third kappa shape index (κ3) is 2.14. The highest BCUT2D eigenvalue weighted by molar-refractivity contribution is 9.10. The number of piperidine rings is 1. The van der Waals surface area contributed by atoms with Crippen molar-refractivity contribution in [2.75, 3.05) is 25.0 Å². The number of nitrogens with zero attached hydrogens (tertiary/aromatic N) is 2. The molecule has 1 amide bonds. The number of hydrogen-bond acceptors (Lipinski definition) is 3. The maximum absolute atomic E-state index is 13.2. The Hall–Kier alpha value is -1.44. The lowest BCUT2D eigenvalue weighted by molar-refractivity contribution is 0.0999. The average molecular weight is 409 g/mol. The molecule has 2 aromatic rings. The van der Waals surface area contributed by atoms with Crippen molar-refractivity contribution in [1.82, 2.24) is 4.31 Å². The van der Waals surface area contributed by atoms with Gasteiger partial charge in [-0.15, -0.1) is 0 Å². The summed E-state index contributed by atoms with van der Waals surface area (Å²) in [7, 11) is -1.87. The van der Waals surface area contributed by atoms with Crippen LogP contribution in [0.1, 0.15) is 29.6 Å². The Kier molecular flexibility index (Phi) is 3.71. The first-order chi connectivity index (χ1) is 11.4. The molecular formula is C17H17BrN2O3S. The fourth-order valence-electron chi connectivity index (χ4n) is 3.64. The molecule has 1 saturated heterocycles. The Morgan fingerprint density at radius 1 is 1.12 bits per heavy atom. The van der Waals surface area contributed by atoms with E-state index in [9.17, 15) is 13.2 Å². The van der Waals surface area contributed by atoms with Crippen LogP contribution in [0.25, 0.3) is 10.8 Å². The van der Waals surface area contributed by atoms with Crippen LogP contribution in [-0.2, 0) is 10.0 Å². The summed E-state index contributed by atoms with van der Waals surface area (Å²) in [5.41, 5.74) is 1.30. The van der Waals surface area contributed by atoms with Crippen LogP contribution in [0.15, 0.2) is 33.6 Å². The van der Waals surface area contributed by atoms with Crippen LogP contribution >= 0.6 is 15.9 Å². The maximum Gasteiger partial charge on any atom is 0.258 e. The van der Waals surface area contributed by atoms with Crippen molar-refractivity contribution in [3.05, 3.63) is 34.3 Å². The summed E-state index contributed by atoms with van der Waals surface area (Å²) in [6, 6.07) is 6.93. The third-order valence-electron chi connectivity index (χ3n) is 4.85. The van der Waals surface area contributed by atoms with Crippen LogP contribution < -0.4 is 4.90 Å². The number of hydrogen-bond donors (Lipinski definition) is 0. The van der Waals surface area contributed by atoms with Crippen LogP contribution in [0.2, 0.25) is 0 Å². The minimum Gasteiger partial charge on any atom is -0.310 e. The zero-order valence-corrected chi connectivity index (χ0v) is 15.7. The van der Waals surface area contributed by atoms with E-state index in [4.69, 9.17) is 0 Å². The highest BCUT2D eigenvalue weighted by Gasteiger charge is 2.34. The molecule has 2 aliphatic heterocycles. The highest BCUT2D eigenvalue weighted by Crippen LogP contribution is 2.45. The Bertz CT molecular complexity index is 965. The predicted octanol–water partition coefficient (Wildman–Crippen LogP) is 3.37. The Morgan fingerprint density at radius 2 is 1.83 bits per heavy atom. The Morgan fingerprint density at radius 3 is 2.54 bits per heavy atom. The smallest absolute Gasteiger partial charge is 0.258 e. The van der Waals surface area contributed by atoms with E-state index in [0.29, 0.717) is 28.5 Å². The van der Waals surface area contributed by atoms with Crippen LogP contribution in [0, 0.1) is 0 Å². The predicted molar refractivity (Wildman–Crippen MR) is 97.0 cm³/mol. The van der Waals surface area contributed by atoms with Gasteiger partial charge < -0.3 is 4.90 Å². The molecule has 2 aromatic carbocycles. The van der Waals surface area contributed by atoms with Gasteiger partial charge in [-0.2, -0.15) is 4.31 Å². The molecule has 0 spiro atoms. The first-order valence-electron chi connectivity index (χ1n) is 7.96. The Labute approximate surface area is 149 Å². The number of sulfonamides is 1. The molecule has 0 N–H and O–H groups in total. The number of rotatable bonds is 2. The molecule has 2 heterocycles. The fourth-order valence-corrected chi connectivity index (χ4v) is 6.22. The van der Waals surface area contributed by atoms with Crippen LogP contribution in [0.4, 0.5) is 5.69 Å². The normalized spacial score (nSPS) is 18.6. The van der Waals surface area contributed by atoms with Crippen molar-refractivity contribution in [3.63, 3.8) is 0 Å². The first kappa shape index (κ1) is 16.1. The molecule has 126 valence electrons. The second-order valence-corrected chi connectivity index (χ2v) is 9.02. The van der Waals surface area contributed by atoms with Gasteiger partial charge >= 0.3 is 0 Å². The number of anilines is 1. The second kappa shape index (κ2) is 5.54. The molecule has 5 nitrogen and oxygen atoms in total. The lowest BCUT2D eigenvalue weighted by Gasteiger charge is -2.26. The van der Waals surface area contributed by atoms with E-state index < -0.39 is 10.0 Å². The van der Waals surface area contributed by atoms with Gasteiger partial charge in [0.25, 0.3) is 5.91 Å². The maximum atomic E-state index is 13.2. The quantitative estimate of drug-likeness (QED) is 0.765. The number of carbonyl (C=O) groups excluding carboxylic acids is 1. The van der Waals surface area contributed by atoms with E-state index in [2.05, 4.69) is 15.9 Å². The van der Waals surface area contributed by atoms with Crippen molar-refractivity contribution >= 4 is 48.3 Å². The summed E-state index contributed by atoms with van der Waals surface area (Å²) in [5, 5.41) is 1.34. The van der Waals surface area contributed by atoms with Crippen molar-refractivity contribution < 1.29 is 13.2 Å². The van der Waals surface area contributed by atoms with Gasteiger partial charge in [-0.3, -0.25) is 4.79 Å². The highest BCUT2D eigenvalue weighted by atomic mass is 79.9. The van der Waals surface area contributed by atoms with E-state index in [0.717, 1.165) is 30.3 Å². The van der Waals surface area contributed by atoms with Crippen molar-refractivity contribution in [3.8, 4) is 0 Å². The van der Waals surface area contributed by atoms with Crippen LogP contribution in [-0.4, -0.2) is 38.8 Å². The van der Waals surface area contributed by atoms with Crippen molar-refractivity contribution in [2.45, 2.75) is 24.2 Å². The summed E-state index contributed by atoms with van der Waals surface area (Å²) < 4.78 is 28.5. The molecule has 0 atom stereocenters. The minimum absolute atomic E-state index is 0.108. The van der Waals surface area contributed by atoms with Gasteiger partial charge in [0, 0.05) is 40.9 Å². The standard InChI is InChI=1S/C17H17BrN2O3S/c1-19-16-13(18)10-14(24(22,23)20-8-3-2-4-9-20)11-6-5-7-12(15(11)16)17(19)21/h5-7,10H,2-4,8-9H2,1H3. The molecule has 0 bridgehead atoms. The first-order valence-corrected chi connectivity index (χ1v) is 10.2. The van der Waals surface area contributed by atoms with Crippen molar-refractivity contribution in [1.29, 1.82) is 0 Å². The van der Waals surface area contributed by atoms with E-state index in [1.807, 2.05) is 0 Å². The van der Waals surface area contributed by atoms with Crippen LogP contribution in [0.5, 0.6) is 0 Å². The van der Waals surface area contributed by atoms with Gasteiger partial charge in [-0.25, -0.2) is 8.42 Å². The molecule has 0 saturated carbocycles. The molecule has 24 heavy (non-hydrogen) atoms. The van der Waals surface area contributed by atoms with Gasteiger partial charge in [0.1, 0.15) is 0 Å². The monoisotopic (exact) mass is 408 g/mol. The number of amides is 1. The number of halogens is 1. The third-order valence-corrected chi connectivity index (χ3v) is 7.40.